The van der Waals surface area contributed by atoms with E-state index in [-0.39, 0.29) is 30.4 Å². The van der Waals surface area contributed by atoms with Gasteiger partial charge in [0.1, 0.15) is 5.65 Å². The average molecular weight is 359 g/mol. The van der Waals surface area contributed by atoms with E-state index in [9.17, 15) is 14.4 Å². The van der Waals surface area contributed by atoms with Crippen LogP contribution in [0.4, 0.5) is 0 Å². The second-order valence-electron chi connectivity index (χ2n) is 5.52. The largest absolute Gasteiger partial charge is 0.463 e. The minimum Gasteiger partial charge on any atom is -0.463 e. The Morgan fingerprint density at radius 1 is 1.40 bits per heavy atom. The van der Waals surface area contributed by atoms with Crippen LogP contribution < -0.4 is 5.56 Å². The third-order valence-corrected chi connectivity index (χ3v) is 4.66. The van der Waals surface area contributed by atoms with E-state index in [4.69, 9.17) is 4.74 Å². The zero-order valence-corrected chi connectivity index (χ0v) is 14.7. The van der Waals surface area contributed by atoms with Gasteiger partial charge in [-0.1, -0.05) is 11.8 Å². The Kier molecular flexibility index (Phi) is 4.89. The first-order valence-corrected chi connectivity index (χ1v) is 8.77. The quantitative estimate of drug-likeness (QED) is 0.608. The molecular weight excluding hydrogens is 342 g/mol. The number of carbonyl (C=O) groups excluding carboxylic acids is 2. The number of hydrogen-bond donors (Lipinski definition) is 0. The van der Waals surface area contributed by atoms with Crippen molar-refractivity contribution in [3.63, 3.8) is 0 Å². The van der Waals surface area contributed by atoms with Gasteiger partial charge >= 0.3 is 5.97 Å². The van der Waals surface area contributed by atoms with Crippen molar-refractivity contribution < 1.29 is 14.3 Å². The molecule has 1 amide bonds. The van der Waals surface area contributed by atoms with Gasteiger partial charge in [0.25, 0.3) is 5.56 Å². The number of fused-ring (bicyclic) bond motifs is 1. The fourth-order valence-electron chi connectivity index (χ4n) is 2.48. The summed E-state index contributed by atoms with van der Waals surface area (Å²) in [4.78, 5) is 41.9. The molecule has 0 spiro atoms. The van der Waals surface area contributed by atoms with Gasteiger partial charge in [0.15, 0.2) is 0 Å². The van der Waals surface area contributed by atoms with Gasteiger partial charge in [0, 0.05) is 12.3 Å². The van der Waals surface area contributed by atoms with Crippen LogP contribution in [-0.4, -0.2) is 38.5 Å². The number of amides is 1. The molecule has 1 saturated heterocycles. The second kappa shape index (κ2) is 7.10. The molecule has 25 heavy (non-hydrogen) atoms. The van der Waals surface area contributed by atoms with Gasteiger partial charge in [-0.2, -0.15) is 0 Å². The van der Waals surface area contributed by atoms with E-state index in [1.54, 1.807) is 19.2 Å². The number of hydrogen-bond acceptors (Lipinski definition) is 6. The topological polar surface area (TPSA) is 81.0 Å². The zero-order chi connectivity index (χ0) is 18.0. The Hall–Kier alpha value is -2.61. The first kappa shape index (κ1) is 17.2. The zero-order valence-electron chi connectivity index (χ0n) is 13.9. The molecule has 1 fully saturated rings. The molecule has 1 aliphatic rings. The minimum atomic E-state index is -0.494. The van der Waals surface area contributed by atoms with Crippen LogP contribution in [0.1, 0.15) is 18.2 Å². The van der Waals surface area contributed by atoms with E-state index < -0.39 is 5.97 Å². The summed E-state index contributed by atoms with van der Waals surface area (Å²) in [6.07, 6.45) is 2.98. The fourth-order valence-corrected chi connectivity index (χ4v) is 3.41. The number of aryl methyl sites for hydroxylation is 1. The first-order valence-electron chi connectivity index (χ1n) is 7.78. The monoisotopic (exact) mass is 359 g/mol. The molecule has 0 radical (unpaired) electrons. The number of rotatable bonds is 4. The molecule has 0 N–H and O–H groups in total. The van der Waals surface area contributed by atoms with E-state index in [1.165, 1.54) is 33.2 Å². The van der Waals surface area contributed by atoms with Crippen molar-refractivity contribution in [3.8, 4) is 0 Å². The molecule has 1 aliphatic heterocycles. The molecule has 3 rings (SSSR count). The summed E-state index contributed by atoms with van der Waals surface area (Å²) in [6.45, 7) is 4.04. The van der Waals surface area contributed by atoms with Crippen LogP contribution in [0, 0.1) is 6.92 Å². The molecule has 0 bridgehead atoms. The van der Waals surface area contributed by atoms with Crippen LogP contribution in [0.25, 0.3) is 5.65 Å². The van der Waals surface area contributed by atoms with Gasteiger partial charge in [-0.05, 0) is 31.5 Å². The van der Waals surface area contributed by atoms with E-state index in [2.05, 4.69) is 4.98 Å². The van der Waals surface area contributed by atoms with E-state index in [0.29, 0.717) is 16.4 Å². The summed E-state index contributed by atoms with van der Waals surface area (Å²) >= 11 is 1.27. The highest BCUT2D eigenvalue weighted by molar-refractivity contribution is 8.04. The van der Waals surface area contributed by atoms with Gasteiger partial charge in [-0.25, -0.2) is 9.78 Å². The maximum atomic E-state index is 12.2. The second-order valence-corrected chi connectivity index (χ2v) is 6.52. The Bertz CT molecular complexity index is 935. The van der Waals surface area contributed by atoms with Crippen LogP contribution in [0.2, 0.25) is 0 Å². The molecule has 3 heterocycles. The highest BCUT2D eigenvalue weighted by Gasteiger charge is 2.28. The predicted octanol–water partition coefficient (Wildman–Crippen LogP) is 1.48. The lowest BCUT2D eigenvalue weighted by atomic mass is 10.3. The van der Waals surface area contributed by atoms with Crippen LogP contribution >= 0.6 is 11.8 Å². The highest BCUT2D eigenvalue weighted by Crippen LogP contribution is 2.30. The van der Waals surface area contributed by atoms with Crippen molar-refractivity contribution in [2.45, 2.75) is 20.4 Å². The molecule has 0 saturated carbocycles. The minimum absolute atomic E-state index is 0.133. The van der Waals surface area contributed by atoms with Crippen LogP contribution in [-0.2, 0) is 20.9 Å². The van der Waals surface area contributed by atoms with Gasteiger partial charge in [0.2, 0.25) is 5.91 Å². The van der Waals surface area contributed by atoms with E-state index in [1.807, 2.05) is 13.0 Å². The van der Waals surface area contributed by atoms with Crippen LogP contribution in [0.5, 0.6) is 0 Å². The first-order chi connectivity index (χ1) is 12.0. The van der Waals surface area contributed by atoms with Crippen molar-refractivity contribution in [2.75, 3.05) is 12.4 Å². The number of carbonyl (C=O) groups is 2. The molecule has 0 unspecified atom stereocenters. The van der Waals surface area contributed by atoms with Crippen molar-refractivity contribution >= 4 is 29.3 Å². The summed E-state index contributed by atoms with van der Waals surface area (Å²) in [5, 5.41) is 0.509. The molecule has 2 aromatic rings. The fraction of sp³-hybridized carbons (Fsp3) is 0.294. The summed E-state index contributed by atoms with van der Waals surface area (Å²) in [7, 11) is 0. The standard InChI is InChI=1S/C17H17N3O4S/c1-3-24-17(23)8-16-20(15(22)10-25-16)9-12-7-14(21)19-5-4-11(2)6-13(19)18-12/h4-8H,3,9-10H2,1-2H3/b16-8-. The highest BCUT2D eigenvalue weighted by atomic mass is 32.2. The SMILES string of the molecule is CCOC(=O)/C=C1\SCC(=O)N1Cc1cc(=O)n2ccc(C)cc2n1. The molecular formula is C17H17N3O4S. The predicted molar refractivity (Wildman–Crippen MR) is 93.9 cm³/mol. The maximum Gasteiger partial charge on any atom is 0.333 e. The molecule has 0 aromatic carbocycles. The van der Waals surface area contributed by atoms with Gasteiger partial charge in [-0.3, -0.25) is 18.9 Å². The Morgan fingerprint density at radius 2 is 2.20 bits per heavy atom. The maximum absolute atomic E-state index is 12.2. The number of esters is 1. The lowest BCUT2D eigenvalue weighted by Crippen LogP contribution is -2.26. The van der Waals surface area contributed by atoms with Crippen molar-refractivity contribution in [2.24, 2.45) is 0 Å². The lowest BCUT2D eigenvalue weighted by Gasteiger charge is -2.16. The average Bonchev–Trinajstić information content (AvgIpc) is 2.88. The summed E-state index contributed by atoms with van der Waals surface area (Å²) in [6, 6.07) is 5.04. The Labute approximate surface area is 148 Å². The lowest BCUT2D eigenvalue weighted by molar-refractivity contribution is -0.137. The summed E-state index contributed by atoms with van der Waals surface area (Å²) < 4.78 is 6.34. The van der Waals surface area contributed by atoms with Crippen molar-refractivity contribution in [1.29, 1.82) is 0 Å². The molecule has 8 heteroatoms. The van der Waals surface area contributed by atoms with Gasteiger partial charge in [0.05, 0.1) is 35.7 Å². The Balaban J connectivity index is 1.92. The van der Waals surface area contributed by atoms with Crippen LogP contribution in [0.3, 0.4) is 0 Å². The molecule has 7 nitrogen and oxygen atoms in total. The molecule has 2 aromatic heterocycles. The molecule has 0 atom stereocenters. The normalized spacial score (nSPS) is 16.0. The number of nitrogens with zero attached hydrogens (tertiary/aromatic N) is 3. The van der Waals surface area contributed by atoms with E-state index in [0.717, 1.165) is 5.56 Å². The summed E-state index contributed by atoms with van der Waals surface area (Å²) in [5.74, 6) is -0.379. The van der Waals surface area contributed by atoms with E-state index >= 15 is 0 Å². The third-order valence-electron chi connectivity index (χ3n) is 3.63. The molecule has 0 aliphatic carbocycles. The molecule has 130 valence electrons. The number of ether oxygens (including phenoxy) is 1. The van der Waals surface area contributed by atoms with Gasteiger partial charge in [-0.15, -0.1) is 0 Å². The number of pyridine rings is 1. The van der Waals surface area contributed by atoms with Crippen LogP contribution in [0.15, 0.2) is 40.3 Å². The third kappa shape index (κ3) is 3.74. The van der Waals surface area contributed by atoms with Crippen molar-refractivity contribution in [1.82, 2.24) is 14.3 Å². The smallest absolute Gasteiger partial charge is 0.333 e. The Morgan fingerprint density at radius 3 is 2.96 bits per heavy atom. The summed E-state index contributed by atoms with van der Waals surface area (Å²) in [5.41, 5.74) is 1.77. The number of thioether (sulfide) groups is 1. The van der Waals surface area contributed by atoms with Gasteiger partial charge < -0.3 is 4.74 Å². The number of aromatic nitrogens is 2. The van der Waals surface area contributed by atoms with Crippen molar-refractivity contribution in [3.05, 3.63) is 57.1 Å².